The summed E-state index contributed by atoms with van der Waals surface area (Å²) < 4.78 is 0. The summed E-state index contributed by atoms with van der Waals surface area (Å²) in [5.74, 6) is 0.0416. The Kier molecular flexibility index (Phi) is 3.19. The van der Waals surface area contributed by atoms with Gasteiger partial charge in [0, 0.05) is 11.8 Å². The van der Waals surface area contributed by atoms with Crippen LogP contribution in [-0.2, 0) is 0 Å². The van der Waals surface area contributed by atoms with E-state index < -0.39 is 12.2 Å². The molecular formula is C9H8N4O2. The van der Waals surface area contributed by atoms with Gasteiger partial charge in [0.2, 0.25) is 0 Å². The van der Waals surface area contributed by atoms with Crippen LogP contribution in [0.3, 0.4) is 0 Å². The van der Waals surface area contributed by atoms with Gasteiger partial charge >= 0.3 is 0 Å². The predicted octanol–water partition coefficient (Wildman–Crippen LogP) is -0.547. The van der Waals surface area contributed by atoms with E-state index in [0.29, 0.717) is 0 Å². The van der Waals surface area contributed by atoms with Crippen molar-refractivity contribution in [3.05, 3.63) is 23.4 Å². The van der Waals surface area contributed by atoms with E-state index in [1.54, 1.807) is 6.07 Å². The molecule has 2 unspecified atom stereocenters. The Bertz CT molecular complexity index is 446. The third-order valence-corrected chi connectivity index (χ3v) is 1.83. The van der Waals surface area contributed by atoms with E-state index in [-0.39, 0.29) is 16.9 Å². The van der Waals surface area contributed by atoms with E-state index in [9.17, 15) is 5.11 Å². The van der Waals surface area contributed by atoms with Crippen LogP contribution in [0.15, 0.2) is 12.3 Å². The molecule has 1 aromatic heterocycles. The SMILES string of the molecule is N#Cc1cc(C(O)C(O)C#N)cnc1N. The highest BCUT2D eigenvalue weighted by atomic mass is 16.3. The highest BCUT2D eigenvalue weighted by Crippen LogP contribution is 2.19. The fourth-order valence-corrected chi connectivity index (χ4v) is 0.996. The molecule has 1 rings (SSSR count). The van der Waals surface area contributed by atoms with E-state index in [2.05, 4.69) is 4.98 Å². The van der Waals surface area contributed by atoms with Gasteiger partial charge in [-0.2, -0.15) is 10.5 Å². The number of nitriles is 2. The van der Waals surface area contributed by atoms with Crippen LogP contribution < -0.4 is 5.73 Å². The summed E-state index contributed by atoms with van der Waals surface area (Å²) in [7, 11) is 0. The van der Waals surface area contributed by atoms with Gasteiger partial charge in [-0.3, -0.25) is 0 Å². The molecule has 76 valence electrons. The van der Waals surface area contributed by atoms with Gasteiger partial charge in [-0.15, -0.1) is 0 Å². The summed E-state index contributed by atoms with van der Waals surface area (Å²) >= 11 is 0. The highest BCUT2D eigenvalue weighted by Gasteiger charge is 2.18. The molecule has 4 N–H and O–H groups in total. The van der Waals surface area contributed by atoms with Crippen LogP contribution in [0.5, 0.6) is 0 Å². The molecule has 0 bridgehead atoms. The first-order valence-electron chi connectivity index (χ1n) is 4.01. The van der Waals surface area contributed by atoms with Crippen molar-refractivity contribution in [1.82, 2.24) is 4.98 Å². The van der Waals surface area contributed by atoms with Crippen LogP contribution in [0.4, 0.5) is 5.82 Å². The molecule has 0 aliphatic carbocycles. The molecule has 6 heteroatoms. The Labute approximate surface area is 85.8 Å². The summed E-state index contributed by atoms with van der Waals surface area (Å²) in [5.41, 5.74) is 5.64. The van der Waals surface area contributed by atoms with Crippen LogP contribution in [-0.4, -0.2) is 21.3 Å². The molecular weight excluding hydrogens is 196 g/mol. The standard InChI is InChI=1S/C9H8N4O2/c10-2-5-1-6(4-13-9(5)12)8(15)7(14)3-11/h1,4,7-8,14-15H,(H2,12,13). The van der Waals surface area contributed by atoms with Crippen LogP contribution in [0.1, 0.15) is 17.2 Å². The molecule has 0 saturated heterocycles. The van der Waals surface area contributed by atoms with Gasteiger partial charge in [-0.05, 0) is 6.07 Å². The molecule has 1 heterocycles. The highest BCUT2D eigenvalue weighted by molar-refractivity contribution is 5.49. The number of nitrogens with two attached hydrogens (primary N) is 1. The van der Waals surface area contributed by atoms with E-state index in [4.69, 9.17) is 21.4 Å². The van der Waals surface area contributed by atoms with E-state index >= 15 is 0 Å². The lowest BCUT2D eigenvalue weighted by atomic mass is 10.1. The fraction of sp³-hybridized carbons (Fsp3) is 0.222. The van der Waals surface area contributed by atoms with Gasteiger partial charge in [0.15, 0.2) is 6.10 Å². The minimum absolute atomic E-state index is 0.0416. The first kappa shape index (κ1) is 10.9. The Morgan fingerprint density at radius 1 is 1.40 bits per heavy atom. The lowest BCUT2D eigenvalue weighted by Gasteiger charge is -2.11. The molecule has 0 radical (unpaired) electrons. The van der Waals surface area contributed by atoms with Gasteiger partial charge in [0.1, 0.15) is 18.0 Å². The topological polar surface area (TPSA) is 127 Å². The molecule has 0 aliphatic heterocycles. The summed E-state index contributed by atoms with van der Waals surface area (Å²) in [6, 6.07) is 4.55. The van der Waals surface area contributed by atoms with Gasteiger partial charge in [-0.25, -0.2) is 4.98 Å². The average molecular weight is 204 g/mol. The second-order valence-corrected chi connectivity index (χ2v) is 2.83. The minimum atomic E-state index is -1.55. The molecule has 1 aromatic rings. The summed E-state index contributed by atoms with van der Waals surface area (Å²) in [6.45, 7) is 0. The number of pyridine rings is 1. The molecule has 15 heavy (non-hydrogen) atoms. The monoisotopic (exact) mass is 204 g/mol. The third-order valence-electron chi connectivity index (χ3n) is 1.83. The molecule has 0 aromatic carbocycles. The Hall–Kier alpha value is -2.15. The van der Waals surface area contributed by atoms with Gasteiger partial charge in [0.05, 0.1) is 11.6 Å². The van der Waals surface area contributed by atoms with Crippen LogP contribution in [0.2, 0.25) is 0 Å². The maximum Gasteiger partial charge on any atom is 0.170 e. The smallest absolute Gasteiger partial charge is 0.170 e. The van der Waals surface area contributed by atoms with Gasteiger partial charge in [0.25, 0.3) is 0 Å². The van der Waals surface area contributed by atoms with Crippen molar-refractivity contribution in [2.45, 2.75) is 12.2 Å². The van der Waals surface area contributed by atoms with Crippen molar-refractivity contribution < 1.29 is 10.2 Å². The van der Waals surface area contributed by atoms with Gasteiger partial charge < -0.3 is 15.9 Å². The first-order chi connectivity index (χ1) is 7.10. The third kappa shape index (κ3) is 2.20. The Morgan fingerprint density at radius 2 is 2.07 bits per heavy atom. The number of aromatic nitrogens is 1. The molecule has 0 spiro atoms. The van der Waals surface area contributed by atoms with Crippen molar-refractivity contribution >= 4 is 5.82 Å². The zero-order chi connectivity index (χ0) is 11.4. The second-order valence-electron chi connectivity index (χ2n) is 2.83. The Morgan fingerprint density at radius 3 is 2.60 bits per heavy atom. The number of nitrogen functional groups attached to an aromatic ring is 1. The lowest BCUT2D eigenvalue weighted by molar-refractivity contribution is 0.0526. The number of hydrogen-bond acceptors (Lipinski definition) is 6. The predicted molar refractivity (Wildman–Crippen MR) is 49.9 cm³/mol. The molecule has 0 fully saturated rings. The lowest BCUT2D eigenvalue weighted by Crippen LogP contribution is -2.16. The van der Waals surface area contributed by atoms with Crippen LogP contribution in [0.25, 0.3) is 0 Å². The van der Waals surface area contributed by atoms with Crippen molar-refractivity contribution in [2.24, 2.45) is 0 Å². The molecule has 0 aliphatic rings. The summed E-state index contributed by atoms with van der Waals surface area (Å²) in [4.78, 5) is 3.66. The van der Waals surface area contributed by atoms with Crippen molar-refractivity contribution in [3.63, 3.8) is 0 Å². The number of aliphatic hydroxyl groups excluding tert-OH is 2. The first-order valence-corrected chi connectivity index (χ1v) is 4.01. The molecule has 2 atom stereocenters. The number of rotatable bonds is 2. The fourth-order valence-electron chi connectivity index (χ4n) is 0.996. The van der Waals surface area contributed by atoms with Crippen molar-refractivity contribution in [3.8, 4) is 12.1 Å². The number of hydrogen-bond donors (Lipinski definition) is 3. The molecule has 0 saturated carbocycles. The Balaban J connectivity index is 3.08. The zero-order valence-corrected chi connectivity index (χ0v) is 7.62. The van der Waals surface area contributed by atoms with E-state index in [0.717, 1.165) is 0 Å². The second kappa shape index (κ2) is 4.38. The van der Waals surface area contributed by atoms with E-state index in [1.807, 2.05) is 0 Å². The average Bonchev–Trinajstić information content (AvgIpc) is 2.27. The molecule has 6 nitrogen and oxygen atoms in total. The van der Waals surface area contributed by atoms with Crippen molar-refractivity contribution in [1.29, 1.82) is 10.5 Å². The maximum atomic E-state index is 9.44. The van der Waals surface area contributed by atoms with E-state index in [1.165, 1.54) is 18.3 Å². The number of aliphatic hydroxyl groups is 2. The van der Waals surface area contributed by atoms with Crippen LogP contribution >= 0.6 is 0 Å². The van der Waals surface area contributed by atoms with Crippen LogP contribution in [0, 0.1) is 22.7 Å². The maximum absolute atomic E-state index is 9.44. The number of anilines is 1. The van der Waals surface area contributed by atoms with Gasteiger partial charge in [-0.1, -0.05) is 0 Å². The summed E-state index contributed by atoms with van der Waals surface area (Å²) in [5, 5.41) is 35.5. The quantitative estimate of drug-likeness (QED) is 0.555. The zero-order valence-electron chi connectivity index (χ0n) is 7.62. The normalized spacial score (nSPS) is 13.6. The van der Waals surface area contributed by atoms with Crippen molar-refractivity contribution in [2.75, 3.05) is 5.73 Å². The molecule has 0 amide bonds. The largest absolute Gasteiger partial charge is 0.384 e. The summed E-state index contributed by atoms with van der Waals surface area (Å²) in [6.07, 6.45) is -1.74. The minimum Gasteiger partial charge on any atom is -0.384 e. The number of nitrogens with zero attached hydrogens (tertiary/aromatic N) is 3.